The third-order valence-electron chi connectivity index (χ3n) is 2.93. The number of pyridine rings is 1. The molecule has 0 bridgehead atoms. The van der Waals surface area contributed by atoms with E-state index in [4.69, 9.17) is 0 Å². The molecule has 0 aliphatic carbocycles. The minimum Gasteiger partial charge on any atom is -0.310 e. The molecule has 0 saturated heterocycles. The van der Waals surface area contributed by atoms with Crippen molar-refractivity contribution < 1.29 is 0 Å². The van der Waals surface area contributed by atoms with E-state index in [1.807, 2.05) is 23.3 Å². The lowest BCUT2D eigenvalue weighted by Gasteiger charge is -2.08. The molecule has 0 aromatic carbocycles. The Hall–Kier alpha value is -1.68. The monoisotopic (exact) mass is 258 g/mol. The van der Waals surface area contributed by atoms with E-state index in [2.05, 4.69) is 48.4 Å². The first-order valence-electron chi connectivity index (χ1n) is 6.89. The van der Waals surface area contributed by atoms with E-state index < -0.39 is 0 Å². The molecular weight excluding hydrogens is 236 g/mol. The second-order valence-electron chi connectivity index (χ2n) is 5.11. The molecule has 0 atom stereocenters. The minimum atomic E-state index is 0.482. The molecule has 2 heterocycles. The van der Waals surface area contributed by atoms with Gasteiger partial charge in [-0.3, -0.25) is 9.67 Å². The summed E-state index contributed by atoms with van der Waals surface area (Å²) in [6.45, 7) is 8.25. The molecule has 0 fully saturated rings. The van der Waals surface area contributed by atoms with Gasteiger partial charge in [0.05, 0.1) is 6.20 Å². The van der Waals surface area contributed by atoms with Crippen LogP contribution in [0.2, 0.25) is 0 Å². The van der Waals surface area contributed by atoms with E-state index in [1.165, 1.54) is 5.56 Å². The van der Waals surface area contributed by atoms with Gasteiger partial charge < -0.3 is 5.32 Å². The Balaban J connectivity index is 2.12. The molecule has 2 rings (SSSR count). The summed E-state index contributed by atoms with van der Waals surface area (Å²) in [7, 11) is 0. The number of nitrogens with one attached hydrogen (secondary N) is 1. The zero-order valence-corrected chi connectivity index (χ0v) is 11.9. The molecule has 0 amide bonds. The maximum absolute atomic E-state index is 4.36. The summed E-state index contributed by atoms with van der Waals surface area (Å²) in [5, 5.41) is 7.76. The van der Waals surface area contributed by atoms with Crippen LogP contribution in [-0.4, -0.2) is 20.8 Å². The lowest BCUT2D eigenvalue weighted by atomic mass is 10.1. The second kappa shape index (κ2) is 6.48. The molecule has 0 unspecified atom stereocenters. The van der Waals surface area contributed by atoms with Gasteiger partial charge in [0.15, 0.2) is 0 Å². The maximum Gasteiger partial charge on any atom is 0.0568 e. The fourth-order valence-electron chi connectivity index (χ4n) is 1.93. The highest BCUT2D eigenvalue weighted by molar-refractivity contribution is 5.61. The Kier molecular flexibility index (Phi) is 4.68. The fraction of sp³-hybridized carbons (Fsp3) is 0.467. The largest absolute Gasteiger partial charge is 0.310 e. The lowest BCUT2D eigenvalue weighted by molar-refractivity contribution is 0.588. The van der Waals surface area contributed by atoms with Crippen LogP contribution < -0.4 is 5.32 Å². The van der Waals surface area contributed by atoms with Gasteiger partial charge >= 0.3 is 0 Å². The Labute approximate surface area is 114 Å². The predicted molar refractivity (Wildman–Crippen MR) is 77.7 cm³/mol. The van der Waals surface area contributed by atoms with Crippen LogP contribution in [0, 0.1) is 0 Å². The number of hydrogen-bond acceptors (Lipinski definition) is 3. The first-order valence-corrected chi connectivity index (χ1v) is 6.89. The third kappa shape index (κ3) is 3.89. The molecule has 0 spiro atoms. The van der Waals surface area contributed by atoms with E-state index in [9.17, 15) is 0 Å². The second-order valence-corrected chi connectivity index (χ2v) is 5.11. The Morgan fingerprint density at radius 2 is 2.05 bits per heavy atom. The normalized spacial score (nSPS) is 11.2. The van der Waals surface area contributed by atoms with Gasteiger partial charge in [-0.15, -0.1) is 0 Å². The third-order valence-corrected chi connectivity index (χ3v) is 2.93. The zero-order chi connectivity index (χ0) is 13.7. The van der Waals surface area contributed by atoms with E-state index in [1.54, 1.807) is 0 Å². The summed E-state index contributed by atoms with van der Waals surface area (Å²) >= 11 is 0. The van der Waals surface area contributed by atoms with Gasteiger partial charge in [0.25, 0.3) is 0 Å². The van der Waals surface area contributed by atoms with E-state index in [0.29, 0.717) is 6.04 Å². The highest BCUT2D eigenvalue weighted by Crippen LogP contribution is 2.18. The van der Waals surface area contributed by atoms with Crippen molar-refractivity contribution in [2.24, 2.45) is 0 Å². The van der Waals surface area contributed by atoms with Crippen molar-refractivity contribution >= 4 is 0 Å². The van der Waals surface area contributed by atoms with Gasteiger partial charge in [0.1, 0.15) is 0 Å². The number of hydrogen-bond donors (Lipinski definition) is 1. The van der Waals surface area contributed by atoms with E-state index >= 15 is 0 Å². The molecule has 0 saturated carbocycles. The van der Waals surface area contributed by atoms with Crippen LogP contribution in [0.4, 0.5) is 0 Å². The summed E-state index contributed by atoms with van der Waals surface area (Å²) < 4.78 is 1.98. The van der Waals surface area contributed by atoms with E-state index in [0.717, 1.165) is 30.6 Å². The molecule has 0 radical (unpaired) electrons. The number of rotatable bonds is 6. The van der Waals surface area contributed by atoms with Gasteiger partial charge in [0, 0.05) is 48.8 Å². The fourth-order valence-corrected chi connectivity index (χ4v) is 1.93. The Morgan fingerprint density at radius 1 is 1.21 bits per heavy atom. The first-order chi connectivity index (χ1) is 9.19. The van der Waals surface area contributed by atoms with Gasteiger partial charge in [0.2, 0.25) is 0 Å². The van der Waals surface area contributed by atoms with Crippen molar-refractivity contribution in [2.75, 3.05) is 0 Å². The van der Waals surface area contributed by atoms with Gasteiger partial charge in [-0.05, 0) is 18.1 Å². The van der Waals surface area contributed by atoms with Crippen LogP contribution in [0.25, 0.3) is 11.1 Å². The number of aryl methyl sites for hydroxylation is 1. The summed E-state index contributed by atoms with van der Waals surface area (Å²) in [5.74, 6) is 0. The SMILES string of the molecule is CCCn1cc(-c2cncc(CNC(C)C)c2)cn1. The van der Waals surface area contributed by atoms with Crippen molar-refractivity contribution in [3.63, 3.8) is 0 Å². The van der Waals surface area contributed by atoms with Gasteiger partial charge in [-0.2, -0.15) is 5.10 Å². The minimum absolute atomic E-state index is 0.482. The first kappa shape index (κ1) is 13.7. The lowest BCUT2D eigenvalue weighted by Crippen LogP contribution is -2.21. The number of nitrogens with zero attached hydrogens (tertiary/aromatic N) is 3. The van der Waals surface area contributed by atoms with Gasteiger partial charge in [-0.1, -0.05) is 20.8 Å². The maximum atomic E-state index is 4.36. The highest BCUT2D eigenvalue weighted by Gasteiger charge is 2.04. The molecule has 4 heteroatoms. The van der Waals surface area contributed by atoms with Crippen molar-refractivity contribution in [1.29, 1.82) is 0 Å². The molecule has 2 aromatic rings. The standard InChI is InChI=1S/C15H22N4/c1-4-5-19-11-15(10-18-19)14-6-13(7-16-9-14)8-17-12(2)3/h6-7,9-12,17H,4-5,8H2,1-3H3. The molecule has 4 nitrogen and oxygen atoms in total. The summed E-state index contributed by atoms with van der Waals surface area (Å²) in [4.78, 5) is 4.32. The topological polar surface area (TPSA) is 42.7 Å². The van der Waals surface area contributed by atoms with Crippen LogP contribution in [0.1, 0.15) is 32.8 Å². The summed E-state index contributed by atoms with van der Waals surface area (Å²) in [6, 6.07) is 2.66. The molecule has 102 valence electrons. The molecule has 1 N–H and O–H groups in total. The molecule has 2 aromatic heterocycles. The van der Waals surface area contributed by atoms with Crippen molar-refractivity contribution in [3.8, 4) is 11.1 Å². The Bertz CT molecular complexity index is 516. The zero-order valence-electron chi connectivity index (χ0n) is 11.9. The molecule has 0 aliphatic heterocycles. The molecule has 0 aliphatic rings. The highest BCUT2D eigenvalue weighted by atomic mass is 15.3. The summed E-state index contributed by atoms with van der Waals surface area (Å²) in [6.07, 6.45) is 8.89. The summed E-state index contributed by atoms with van der Waals surface area (Å²) in [5.41, 5.74) is 3.46. The van der Waals surface area contributed by atoms with Crippen LogP contribution in [0.15, 0.2) is 30.9 Å². The van der Waals surface area contributed by atoms with Crippen molar-refractivity contribution in [2.45, 2.75) is 46.3 Å². The quantitative estimate of drug-likeness (QED) is 0.866. The van der Waals surface area contributed by atoms with E-state index in [-0.39, 0.29) is 0 Å². The van der Waals surface area contributed by atoms with Crippen LogP contribution in [-0.2, 0) is 13.1 Å². The van der Waals surface area contributed by atoms with Crippen LogP contribution in [0.3, 0.4) is 0 Å². The smallest absolute Gasteiger partial charge is 0.0568 e. The van der Waals surface area contributed by atoms with Gasteiger partial charge in [-0.25, -0.2) is 0 Å². The van der Waals surface area contributed by atoms with Crippen molar-refractivity contribution in [1.82, 2.24) is 20.1 Å². The predicted octanol–water partition coefficient (Wildman–Crippen LogP) is 2.85. The Morgan fingerprint density at radius 3 is 2.79 bits per heavy atom. The molecule has 19 heavy (non-hydrogen) atoms. The molecular formula is C15H22N4. The number of aromatic nitrogens is 3. The van der Waals surface area contributed by atoms with Crippen LogP contribution >= 0.6 is 0 Å². The van der Waals surface area contributed by atoms with Crippen molar-refractivity contribution in [3.05, 3.63) is 36.4 Å². The average Bonchev–Trinajstić information content (AvgIpc) is 2.86. The average molecular weight is 258 g/mol. The van der Waals surface area contributed by atoms with Crippen LogP contribution in [0.5, 0.6) is 0 Å².